The van der Waals surface area contributed by atoms with Gasteiger partial charge >= 0.3 is 0 Å². The molecule has 0 N–H and O–H groups in total. The van der Waals surface area contributed by atoms with Crippen LogP contribution < -0.4 is 0 Å². The summed E-state index contributed by atoms with van der Waals surface area (Å²) in [5, 5.41) is 1.97. The van der Waals surface area contributed by atoms with E-state index >= 15 is 0 Å². The summed E-state index contributed by atoms with van der Waals surface area (Å²) in [6.45, 7) is 5.85. The van der Waals surface area contributed by atoms with Crippen LogP contribution in [0.1, 0.15) is 42.3 Å². The summed E-state index contributed by atoms with van der Waals surface area (Å²) in [6.07, 6.45) is 4.34. The molecule has 0 radical (unpaired) electrons. The first-order valence-electron chi connectivity index (χ1n) is 6.55. The molecule has 0 aromatic carbocycles. The molecule has 1 aromatic heterocycles. The molecule has 0 bridgehead atoms. The molecule has 94 valence electrons. The number of ketones is 1. The molecule has 1 fully saturated rings. The minimum atomic E-state index is 0.311. The van der Waals surface area contributed by atoms with Crippen molar-refractivity contribution in [2.45, 2.75) is 32.6 Å². The molecule has 1 aromatic rings. The lowest BCUT2D eigenvalue weighted by molar-refractivity contribution is 0.0975. The third-order valence-corrected chi connectivity index (χ3v) is 4.46. The number of piperidine rings is 1. The van der Waals surface area contributed by atoms with Crippen LogP contribution in [0.25, 0.3) is 0 Å². The molecule has 2 heterocycles. The molecular formula is C14H21NOS. The van der Waals surface area contributed by atoms with E-state index in [-0.39, 0.29) is 0 Å². The zero-order valence-electron chi connectivity index (χ0n) is 10.5. The molecule has 0 aliphatic carbocycles. The molecule has 2 rings (SSSR count). The van der Waals surface area contributed by atoms with Gasteiger partial charge in [-0.25, -0.2) is 0 Å². The Morgan fingerprint density at radius 1 is 1.47 bits per heavy atom. The van der Waals surface area contributed by atoms with Crippen molar-refractivity contribution in [2.75, 3.05) is 19.6 Å². The molecular weight excluding hydrogens is 230 g/mol. The van der Waals surface area contributed by atoms with Crippen LogP contribution in [0.4, 0.5) is 0 Å². The SMILES string of the molecule is CC1CCN(CCCC(=O)c2cccs2)CC1. The summed E-state index contributed by atoms with van der Waals surface area (Å²) in [6, 6.07) is 3.87. The van der Waals surface area contributed by atoms with Crippen LogP contribution in [0.2, 0.25) is 0 Å². The molecule has 0 saturated carbocycles. The summed E-state index contributed by atoms with van der Waals surface area (Å²) in [4.78, 5) is 15.2. The van der Waals surface area contributed by atoms with Crippen LogP contribution in [-0.2, 0) is 0 Å². The van der Waals surface area contributed by atoms with E-state index in [4.69, 9.17) is 0 Å². The first kappa shape index (κ1) is 12.8. The minimum Gasteiger partial charge on any atom is -0.303 e. The second-order valence-electron chi connectivity index (χ2n) is 5.03. The number of rotatable bonds is 5. The highest BCUT2D eigenvalue weighted by Gasteiger charge is 2.15. The highest BCUT2D eigenvalue weighted by molar-refractivity contribution is 7.12. The molecule has 0 unspecified atom stereocenters. The number of thiophene rings is 1. The van der Waals surface area contributed by atoms with Crippen molar-refractivity contribution in [3.8, 4) is 0 Å². The highest BCUT2D eigenvalue weighted by Crippen LogP contribution is 2.17. The maximum absolute atomic E-state index is 11.8. The van der Waals surface area contributed by atoms with Gasteiger partial charge in [0.25, 0.3) is 0 Å². The highest BCUT2D eigenvalue weighted by atomic mass is 32.1. The number of likely N-dealkylation sites (tertiary alicyclic amines) is 1. The fraction of sp³-hybridized carbons (Fsp3) is 0.643. The summed E-state index contributed by atoms with van der Waals surface area (Å²) in [5.41, 5.74) is 0. The van der Waals surface area contributed by atoms with Crippen molar-refractivity contribution in [1.82, 2.24) is 4.90 Å². The predicted octanol–water partition coefficient (Wildman–Crippen LogP) is 3.44. The van der Waals surface area contributed by atoms with Crippen molar-refractivity contribution in [2.24, 2.45) is 5.92 Å². The standard InChI is InChI=1S/C14H21NOS/c1-12-6-9-15(10-7-12)8-2-4-13(16)14-5-3-11-17-14/h3,5,11-12H,2,4,6-10H2,1H3. The van der Waals surface area contributed by atoms with Gasteiger partial charge in [0.15, 0.2) is 5.78 Å². The van der Waals surface area contributed by atoms with Gasteiger partial charge < -0.3 is 4.90 Å². The lowest BCUT2D eigenvalue weighted by Gasteiger charge is -2.29. The Morgan fingerprint density at radius 3 is 2.88 bits per heavy atom. The largest absolute Gasteiger partial charge is 0.303 e. The van der Waals surface area contributed by atoms with Crippen LogP contribution >= 0.6 is 11.3 Å². The van der Waals surface area contributed by atoms with E-state index in [1.807, 2.05) is 17.5 Å². The summed E-state index contributed by atoms with van der Waals surface area (Å²) in [5.74, 6) is 1.20. The Kier molecular flexibility index (Phi) is 4.75. The third-order valence-electron chi connectivity index (χ3n) is 3.55. The predicted molar refractivity (Wildman–Crippen MR) is 72.7 cm³/mol. The van der Waals surface area contributed by atoms with Gasteiger partial charge in [0.2, 0.25) is 0 Å². The lowest BCUT2D eigenvalue weighted by atomic mass is 9.99. The molecule has 0 spiro atoms. The van der Waals surface area contributed by atoms with Gasteiger partial charge in [-0.2, -0.15) is 0 Å². The van der Waals surface area contributed by atoms with Gasteiger partial charge in [0.1, 0.15) is 0 Å². The van der Waals surface area contributed by atoms with E-state index in [1.165, 1.54) is 25.9 Å². The molecule has 0 atom stereocenters. The zero-order chi connectivity index (χ0) is 12.1. The maximum atomic E-state index is 11.8. The van der Waals surface area contributed by atoms with Crippen LogP contribution in [0.15, 0.2) is 17.5 Å². The van der Waals surface area contributed by atoms with E-state index in [1.54, 1.807) is 11.3 Å². The zero-order valence-corrected chi connectivity index (χ0v) is 11.3. The summed E-state index contributed by atoms with van der Waals surface area (Å²) >= 11 is 1.55. The lowest BCUT2D eigenvalue weighted by Crippen LogP contribution is -2.33. The molecule has 3 heteroatoms. The van der Waals surface area contributed by atoms with Crippen molar-refractivity contribution in [3.05, 3.63) is 22.4 Å². The van der Waals surface area contributed by atoms with E-state index in [0.717, 1.165) is 23.8 Å². The van der Waals surface area contributed by atoms with Crippen LogP contribution in [-0.4, -0.2) is 30.3 Å². The van der Waals surface area contributed by atoms with Crippen molar-refractivity contribution in [1.29, 1.82) is 0 Å². The fourth-order valence-corrected chi connectivity index (χ4v) is 3.00. The topological polar surface area (TPSA) is 20.3 Å². The molecule has 2 nitrogen and oxygen atoms in total. The number of carbonyl (C=O) groups excluding carboxylic acids is 1. The van der Waals surface area contributed by atoms with Crippen molar-refractivity contribution >= 4 is 17.1 Å². The van der Waals surface area contributed by atoms with Crippen molar-refractivity contribution < 1.29 is 4.79 Å². The average Bonchev–Trinajstić information content (AvgIpc) is 2.85. The Bertz CT molecular complexity index is 339. The average molecular weight is 251 g/mol. The monoisotopic (exact) mass is 251 g/mol. The first-order valence-corrected chi connectivity index (χ1v) is 7.43. The minimum absolute atomic E-state index is 0.311. The van der Waals surface area contributed by atoms with Crippen LogP contribution in [0.3, 0.4) is 0 Å². The van der Waals surface area contributed by atoms with Crippen LogP contribution in [0, 0.1) is 5.92 Å². The smallest absolute Gasteiger partial charge is 0.172 e. The first-order chi connectivity index (χ1) is 8.25. The number of hydrogen-bond acceptors (Lipinski definition) is 3. The second-order valence-corrected chi connectivity index (χ2v) is 5.98. The molecule has 1 aliphatic rings. The number of hydrogen-bond donors (Lipinski definition) is 0. The Morgan fingerprint density at radius 2 is 2.24 bits per heavy atom. The van der Waals surface area contributed by atoms with Crippen LogP contribution in [0.5, 0.6) is 0 Å². The van der Waals surface area contributed by atoms with Crippen molar-refractivity contribution in [3.63, 3.8) is 0 Å². The number of Topliss-reactive ketones (excluding diaryl/α,β-unsaturated/α-hetero) is 1. The molecule has 1 aliphatic heterocycles. The molecule has 17 heavy (non-hydrogen) atoms. The van der Waals surface area contributed by atoms with Gasteiger partial charge in [-0.05, 0) is 56.3 Å². The van der Waals surface area contributed by atoms with E-state index in [0.29, 0.717) is 12.2 Å². The normalized spacial score (nSPS) is 18.4. The van der Waals surface area contributed by atoms with E-state index in [2.05, 4.69) is 11.8 Å². The fourth-order valence-electron chi connectivity index (χ4n) is 2.31. The Labute approximate surface area is 108 Å². The maximum Gasteiger partial charge on any atom is 0.172 e. The molecule has 1 saturated heterocycles. The third kappa shape index (κ3) is 3.93. The quantitative estimate of drug-likeness (QED) is 0.747. The van der Waals surface area contributed by atoms with Gasteiger partial charge in [-0.3, -0.25) is 4.79 Å². The second kappa shape index (κ2) is 6.31. The summed E-state index contributed by atoms with van der Waals surface area (Å²) < 4.78 is 0. The number of nitrogens with zero attached hydrogens (tertiary/aromatic N) is 1. The van der Waals surface area contributed by atoms with E-state index in [9.17, 15) is 4.79 Å². The Hall–Kier alpha value is -0.670. The van der Waals surface area contributed by atoms with Gasteiger partial charge in [-0.15, -0.1) is 11.3 Å². The van der Waals surface area contributed by atoms with Gasteiger partial charge in [0, 0.05) is 6.42 Å². The van der Waals surface area contributed by atoms with Gasteiger partial charge in [0.05, 0.1) is 4.88 Å². The Balaban J connectivity index is 1.64. The van der Waals surface area contributed by atoms with Gasteiger partial charge in [-0.1, -0.05) is 13.0 Å². The number of carbonyl (C=O) groups is 1. The summed E-state index contributed by atoms with van der Waals surface area (Å²) in [7, 11) is 0. The molecule has 0 amide bonds. The van der Waals surface area contributed by atoms with E-state index < -0.39 is 0 Å².